The van der Waals surface area contributed by atoms with E-state index in [-0.39, 0.29) is 11.6 Å². The molecule has 108 valence electrons. The zero-order chi connectivity index (χ0) is 14.5. The summed E-state index contributed by atoms with van der Waals surface area (Å²) in [7, 11) is 1.64. The third kappa shape index (κ3) is 3.43. The number of nitrogens with one attached hydrogen (secondary N) is 1. The van der Waals surface area contributed by atoms with Crippen LogP contribution in [0.4, 0.5) is 0 Å². The van der Waals surface area contributed by atoms with E-state index in [1.807, 2.05) is 12.3 Å². The predicted octanol–water partition coefficient (Wildman–Crippen LogP) is 1.71. The lowest BCUT2D eigenvalue weighted by atomic mass is 9.88. The van der Waals surface area contributed by atoms with Crippen molar-refractivity contribution in [2.45, 2.75) is 39.3 Å². The first-order chi connectivity index (χ1) is 9.01. The highest BCUT2D eigenvalue weighted by atomic mass is 16.5. The minimum atomic E-state index is -0.119. The fourth-order valence-electron chi connectivity index (χ4n) is 2.63. The maximum atomic E-state index is 5.78. The van der Waals surface area contributed by atoms with Gasteiger partial charge in [0.2, 0.25) is 0 Å². The number of nitrogens with two attached hydrogens (primary N) is 1. The summed E-state index contributed by atoms with van der Waals surface area (Å²) in [5.41, 5.74) is 3.83. The average molecular weight is 266 g/mol. The lowest BCUT2D eigenvalue weighted by Crippen LogP contribution is -2.54. The highest BCUT2D eigenvalue weighted by molar-refractivity contribution is 5.28. The Labute approximate surface area is 116 Å². The summed E-state index contributed by atoms with van der Waals surface area (Å²) in [4.78, 5) is 6.58. The Hall–Kier alpha value is -1.17. The van der Waals surface area contributed by atoms with E-state index in [4.69, 9.17) is 10.6 Å². The van der Waals surface area contributed by atoms with Gasteiger partial charge in [-0.25, -0.2) is 0 Å². The van der Waals surface area contributed by atoms with Crippen LogP contribution in [0.15, 0.2) is 18.5 Å². The first kappa shape index (κ1) is 15.9. The van der Waals surface area contributed by atoms with Crippen LogP contribution in [0.2, 0.25) is 0 Å². The SMILES string of the molecule is CCN(CC)C(C)(C)C(NN)c1cncc(OC)c1. The van der Waals surface area contributed by atoms with E-state index in [0.29, 0.717) is 0 Å². The second-order valence-electron chi connectivity index (χ2n) is 5.08. The molecule has 0 saturated carbocycles. The van der Waals surface area contributed by atoms with E-state index in [0.717, 1.165) is 24.4 Å². The normalized spacial score (nSPS) is 13.6. The van der Waals surface area contributed by atoms with Crippen LogP contribution in [0.5, 0.6) is 5.75 Å². The lowest BCUT2D eigenvalue weighted by Gasteiger charge is -2.43. The molecule has 19 heavy (non-hydrogen) atoms. The summed E-state index contributed by atoms with van der Waals surface area (Å²) in [6, 6.07) is 1.96. The molecule has 0 bridgehead atoms. The Kier molecular flexibility index (Phi) is 5.72. The van der Waals surface area contributed by atoms with E-state index in [1.54, 1.807) is 13.3 Å². The van der Waals surface area contributed by atoms with E-state index < -0.39 is 0 Å². The minimum Gasteiger partial charge on any atom is -0.495 e. The molecule has 0 saturated heterocycles. The molecule has 1 rings (SSSR count). The van der Waals surface area contributed by atoms with Crippen LogP contribution in [-0.4, -0.2) is 35.6 Å². The second kappa shape index (κ2) is 6.84. The molecule has 5 nitrogen and oxygen atoms in total. The summed E-state index contributed by atoms with van der Waals surface area (Å²) < 4.78 is 5.23. The molecular formula is C14H26N4O. The molecule has 1 heterocycles. The van der Waals surface area contributed by atoms with Crippen LogP contribution < -0.4 is 16.0 Å². The van der Waals surface area contributed by atoms with E-state index in [9.17, 15) is 0 Å². The van der Waals surface area contributed by atoms with Crippen molar-refractivity contribution in [3.63, 3.8) is 0 Å². The van der Waals surface area contributed by atoms with Crippen molar-refractivity contribution in [3.8, 4) is 5.75 Å². The topological polar surface area (TPSA) is 63.4 Å². The number of pyridine rings is 1. The van der Waals surface area contributed by atoms with Gasteiger partial charge in [-0.3, -0.25) is 21.2 Å². The van der Waals surface area contributed by atoms with Crippen molar-refractivity contribution in [3.05, 3.63) is 24.0 Å². The highest BCUT2D eigenvalue weighted by Crippen LogP contribution is 2.31. The third-order valence-corrected chi connectivity index (χ3v) is 3.75. The molecule has 1 aromatic heterocycles. The van der Waals surface area contributed by atoms with Crippen LogP contribution in [0.25, 0.3) is 0 Å². The molecule has 1 unspecified atom stereocenters. The van der Waals surface area contributed by atoms with Gasteiger partial charge in [0.1, 0.15) is 5.75 Å². The van der Waals surface area contributed by atoms with Gasteiger partial charge in [0, 0.05) is 11.7 Å². The molecule has 0 aromatic carbocycles. The molecule has 0 fully saturated rings. The number of hydrazine groups is 1. The Morgan fingerprint density at radius 2 is 2.00 bits per heavy atom. The summed E-state index contributed by atoms with van der Waals surface area (Å²) in [6.45, 7) is 10.6. The van der Waals surface area contributed by atoms with E-state index >= 15 is 0 Å². The van der Waals surface area contributed by atoms with Crippen molar-refractivity contribution < 1.29 is 4.74 Å². The van der Waals surface area contributed by atoms with Gasteiger partial charge in [-0.2, -0.15) is 0 Å². The van der Waals surface area contributed by atoms with Crippen molar-refractivity contribution in [1.82, 2.24) is 15.3 Å². The molecule has 0 radical (unpaired) electrons. The lowest BCUT2D eigenvalue weighted by molar-refractivity contribution is 0.0910. The van der Waals surface area contributed by atoms with E-state index in [1.165, 1.54) is 0 Å². The first-order valence-electron chi connectivity index (χ1n) is 6.71. The Balaban J connectivity index is 3.10. The minimum absolute atomic E-state index is 0.0185. The number of rotatable bonds is 7. The molecule has 1 atom stereocenters. The number of likely N-dealkylation sites (N-methyl/N-ethyl adjacent to an activating group) is 1. The van der Waals surface area contributed by atoms with Crippen LogP contribution in [0.1, 0.15) is 39.3 Å². The quantitative estimate of drug-likeness (QED) is 0.581. The van der Waals surface area contributed by atoms with Crippen molar-refractivity contribution in [2.75, 3.05) is 20.2 Å². The maximum Gasteiger partial charge on any atom is 0.137 e. The fourth-order valence-corrected chi connectivity index (χ4v) is 2.63. The maximum absolute atomic E-state index is 5.78. The monoisotopic (exact) mass is 266 g/mol. The second-order valence-corrected chi connectivity index (χ2v) is 5.08. The Bertz CT molecular complexity index is 391. The number of hydrogen-bond donors (Lipinski definition) is 2. The standard InChI is InChI=1S/C14H26N4O/c1-6-18(7-2)14(3,4)13(17-15)11-8-12(19-5)10-16-9-11/h8-10,13,17H,6-7,15H2,1-5H3. The molecule has 0 amide bonds. The van der Waals surface area contributed by atoms with Gasteiger partial charge < -0.3 is 4.74 Å². The summed E-state index contributed by atoms with van der Waals surface area (Å²) in [5.74, 6) is 6.53. The molecule has 0 aliphatic carbocycles. The molecule has 0 aliphatic rings. The van der Waals surface area contributed by atoms with Gasteiger partial charge >= 0.3 is 0 Å². The smallest absolute Gasteiger partial charge is 0.137 e. The van der Waals surface area contributed by atoms with Crippen LogP contribution in [-0.2, 0) is 0 Å². The van der Waals surface area contributed by atoms with Crippen molar-refractivity contribution in [2.24, 2.45) is 5.84 Å². The number of aromatic nitrogens is 1. The average Bonchev–Trinajstić information content (AvgIpc) is 2.40. The van der Waals surface area contributed by atoms with Gasteiger partial charge in [-0.15, -0.1) is 0 Å². The van der Waals surface area contributed by atoms with Crippen LogP contribution in [0.3, 0.4) is 0 Å². The van der Waals surface area contributed by atoms with Crippen molar-refractivity contribution >= 4 is 0 Å². The summed E-state index contributed by atoms with van der Waals surface area (Å²) >= 11 is 0. The van der Waals surface area contributed by atoms with Crippen LogP contribution in [0, 0.1) is 0 Å². The molecule has 0 aliphatic heterocycles. The Morgan fingerprint density at radius 3 is 2.47 bits per heavy atom. The van der Waals surface area contributed by atoms with Gasteiger partial charge in [0.05, 0.1) is 19.3 Å². The molecule has 0 spiro atoms. The van der Waals surface area contributed by atoms with E-state index in [2.05, 4.69) is 43.0 Å². The molecule has 1 aromatic rings. The largest absolute Gasteiger partial charge is 0.495 e. The highest BCUT2D eigenvalue weighted by Gasteiger charge is 2.34. The molecule has 5 heteroatoms. The predicted molar refractivity (Wildman–Crippen MR) is 77.9 cm³/mol. The summed E-state index contributed by atoms with van der Waals surface area (Å²) in [6.07, 6.45) is 3.53. The number of hydrogen-bond acceptors (Lipinski definition) is 5. The van der Waals surface area contributed by atoms with Gasteiger partial charge in [0.15, 0.2) is 0 Å². The number of methoxy groups -OCH3 is 1. The van der Waals surface area contributed by atoms with Crippen LogP contribution >= 0.6 is 0 Å². The van der Waals surface area contributed by atoms with Gasteiger partial charge in [-0.1, -0.05) is 13.8 Å². The van der Waals surface area contributed by atoms with Gasteiger partial charge in [0.25, 0.3) is 0 Å². The number of ether oxygens (including phenoxy) is 1. The first-order valence-corrected chi connectivity index (χ1v) is 6.71. The Morgan fingerprint density at radius 1 is 1.37 bits per heavy atom. The molecule has 3 N–H and O–H groups in total. The zero-order valence-electron chi connectivity index (χ0n) is 12.6. The molecular weight excluding hydrogens is 240 g/mol. The van der Waals surface area contributed by atoms with Gasteiger partial charge in [-0.05, 0) is 38.6 Å². The third-order valence-electron chi connectivity index (χ3n) is 3.75. The zero-order valence-corrected chi connectivity index (χ0v) is 12.6. The number of nitrogens with zero attached hydrogens (tertiary/aromatic N) is 2. The fraction of sp³-hybridized carbons (Fsp3) is 0.643. The van der Waals surface area contributed by atoms with Crippen molar-refractivity contribution in [1.29, 1.82) is 0 Å². The summed E-state index contributed by atoms with van der Waals surface area (Å²) in [5, 5.41) is 0.